The van der Waals surface area contributed by atoms with Crippen LogP contribution < -0.4 is 10.6 Å². The van der Waals surface area contributed by atoms with E-state index in [4.69, 9.17) is 11.6 Å². The van der Waals surface area contributed by atoms with Crippen LogP contribution in [-0.4, -0.2) is 17.6 Å². The highest BCUT2D eigenvalue weighted by molar-refractivity contribution is 8.00. The molecule has 0 aromatic heterocycles. The smallest absolute Gasteiger partial charge is 0.325 e. The van der Waals surface area contributed by atoms with Gasteiger partial charge in [-0.25, -0.2) is 4.39 Å². The van der Waals surface area contributed by atoms with Gasteiger partial charge in [0.05, 0.1) is 17.0 Å². The third-order valence-electron chi connectivity index (χ3n) is 4.13. The van der Waals surface area contributed by atoms with Crippen molar-refractivity contribution >= 4 is 46.6 Å². The van der Waals surface area contributed by atoms with E-state index in [1.807, 2.05) is 0 Å². The summed E-state index contributed by atoms with van der Waals surface area (Å²) in [6.07, 6.45) is -4.67. The Kier molecular flexibility index (Phi) is 7.42. The number of rotatable bonds is 6. The predicted octanol–water partition coefficient (Wildman–Crippen LogP) is 6.48. The molecule has 0 fully saturated rings. The molecule has 10 heteroatoms. The zero-order chi connectivity index (χ0) is 23.3. The summed E-state index contributed by atoms with van der Waals surface area (Å²) in [4.78, 5) is 25.0. The molecular weight excluding hydrogens is 468 g/mol. The molecule has 0 spiro atoms. The number of anilines is 2. The van der Waals surface area contributed by atoms with Gasteiger partial charge in [-0.1, -0.05) is 17.7 Å². The Morgan fingerprint density at radius 3 is 2.34 bits per heavy atom. The zero-order valence-electron chi connectivity index (χ0n) is 16.2. The monoisotopic (exact) mass is 482 g/mol. The van der Waals surface area contributed by atoms with E-state index in [0.717, 1.165) is 23.9 Å². The minimum absolute atomic E-state index is 0.0933. The van der Waals surface area contributed by atoms with Gasteiger partial charge in [-0.3, -0.25) is 9.59 Å². The van der Waals surface area contributed by atoms with Crippen LogP contribution in [0.25, 0.3) is 0 Å². The minimum atomic E-state index is -4.67. The van der Waals surface area contributed by atoms with Crippen molar-refractivity contribution in [3.8, 4) is 0 Å². The summed E-state index contributed by atoms with van der Waals surface area (Å²) in [5.74, 6) is -1.69. The van der Waals surface area contributed by atoms with E-state index in [2.05, 4.69) is 10.6 Å². The molecule has 0 bridgehead atoms. The molecule has 2 N–H and O–H groups in total. The highest BCUT2D eigenvalue weighted by Gasteiger charge is 2.34. The Bertz CT molecular complexity index is 1140. The van der Waals surface area contributed by atoms with Crippen molar-refractivity contribution in [1.29, 1.82) is 0 Å². The topological polar surface area (TPSA) is 58.2 Å². The summed E-state index contributed by atoms with van der Waals surface area (Å²) in [6.45, 7) is 0. The molecule has 2 amide bonds. The van der Waals surface area contributed by atoms with Crippen LogP contribution in [-0.2, 0) is 11.0 Å². The van der Waals surface area contributed by atoms with E-state index >= 15 is 0 Å². The standard InChI is InChI=1S/C22H15ClF4N2O2S/c23-14-6-9-19(18(10-14)22(25,26)27)29-20(30)12-32-17-3-1-2-16(11-17)28-21(31)13-4-7-15(24)8-5-13/h1-11H,12H2,(H,28,31)(H,29,30). The largest absolute Gasteiger partial charge is 0.418 e. The van der Waals surface area contributed by atoms with Crippen LogP contribution in [0.3, 0.4) is 0 Å². The fourth-order valence-electron chi connectivity index (χ4n) is 2.66. The summed E-state index contributed by atoms with van der Waals surface area (Å²) >= 11 is 6.72. The summed E-state index contributed by atoms with van der Waals surface area (Å²) in [6, 6.07) is 14.7. The molecule has 3 rings (SSSR count). The first kappa shape index (κ1) is 23.6. The van der Waals surface area contributed by atoms with E-state index < -0.39 is 29.4 Å². The molecular formula is C22H15ClF4N2O2S. The maximum absolute atomic E-state index is 13.2. The number of thioether (sulfide) groups is 1. The van der Waals surface area contributed by atoms with Crippen molar-refractivity contribution in [2.45, 2.75) is 11.1 Å². The number of benzene rings is 3. The van der Waals surface area contributed by atoms with Gasteiger partial charge >= 0.3 is 6.18 Å². The Hall–Kier alpha value is -3.04. The first-order valence-electron chi connectivity index (χ1n) is 9.08. The number of nitrogens with one attached hydrogen (secondary N) is 2. The van der Waals surface area contributed by atoms with Gasteiger partial charge in [0.1, 0.15) is 5.82 Å². The average Bonchev–Trinajstić information content (AvgIpc) is 2.73. The van der Waals surface area contributed by atoms with Gasteiger partial charge in [0.15, 0.2) is 0 Å². The Morgan fingerprint density at radius 1 is 0.938 bits per heavy atom. The second-order valence-electron chi connectivity index (χ2n) is 6.51. The second-order valence-corrected chi connectivity index (χ2v) is 8.00. The number of carbonyl (C=O) groups is 2. The number of amides is 2. The molecule has 166 valence electrons. The second kappa shape index (κ2) is 10.1. The Balaban J connectivity index is 1.61. The lowest BCUT2D eigenvalue weighted by Gasteiger charge is -2.14. The maximum atomic E-state index is 13.2. The lowest BCUT2D eigenvalue weighted by atomic mass is 10.1. The van der Waals surface area contributed by atoms with Crippen molar-refractivity contribution in [2.75, 3.05) is 16.4 Å². The molecule has 0 aliphatic heterocycles. The molecule has 0 atom stereocenters. The molecule has 0 saturated carbocycles. The van der Waals surface area contributed by atoms with Gasteiger partial charge in [0, 0.05) is 21.2 Å². The molecule has 32 heavy (non-hydrogen) atoms. The first-order valence-corrected chi connectivity index (χ1v) is 10.4. The number of carbonyl (C=O) groups excluding carboxylic acids is 2. The van der Waals surface area contributed by atoms with Crippen LogP contribution in [0.1, 0.15) is 15.9 Å². The highest BCUT2D eigenvalue weighted by Crippen LogP contribution is 2.36. The molecule has 0 aliphatic rings. The van der Waals surface area contributed by atoms with E-state index in [1.165, 1.54) is 30.3 Å². The summed E-state index contributed by atoms with van der Waals surface area (Å²) in [7, 11) is 0. The SMILES string of the molecule is O=C(CSc1cccc(NC(=O)c2ccc(F)cc2)c1)Nc1ccc(Cl)cc1C(F)(F)F. The van der Waals surface area contributed by atoms with E-state index in [1.54, 1.807) is 24.3 Å². The molecule has 3 aromatic carbocycles. The van der Waals surface area contributed by atoms with Crippen LogP contribution in [0.15, 0.2) is 71.6 Å². The third-order valence-corrected chi connectivity index (χ3v) is 5.36. The highest BCUT2D eigenvalue weighted by atomic mass is 35.5. The Morgan fingerprint density at radius 2 is 1.66 bits per heavy atom. The Labute approximate surface area is 190 Å². The van der Waals surface area contributed by atoms with Crippen LogP contribution >= 0.6 is 23.4 Å². The third kappa shape index (κ3) is 6.48. The molecule has 0 heterocycles. The first-order chi connectivity index (χ1) is 15.1. The zero-order valence-corrected chi connectivity index (χ0v) is 17.7. The van der Waals surface area contributed by atoms with Crippen molar-refractivity contribution in [2.24, 2.45) is 0 Å². The molecule has 0 saturated heterocycles. The maximum Gasteiger partial charge on any atom is 0.418 e. The quantitative estimate of drug-likeness (QED) is 0.312. The number of halogens is 5. The average molecular weight is 483 g/mol. The van der Waals surface area contributed by atoms with E-state index in [-0.39, 0.29) is 22.0 Å². The fraction of sp³-hybridized carbons (Fsp3) is 0.0909. The number of hydrogen-bond acceptors (Lipinski definition) is 3. The van der Waals surface area contributed by atoms with Gasteiger partial charge in [-0.15, -0.1) is 11.8 Å². The van der Waals surface area contributed by atoms with Gasteiger partial charge < -0.3 is 10.6 Å². The van der Waals surface area contributed by atoms with Crippen LogP contribution in [0.4, 0.5) is 28.9 Å². The number of hydrogen-bond donors (Lipinski definition) is 2. The molecule has 3 aromatic rings. The molecule has 4 nitrogen and oxygen atoms in total. The van der Waals surface area contributed by atoms with Crippen molar-refractivity contribution in [1.82, 2.24) is 0 Å². The van der Waals surface area contributed by atoms with Crippen LogP contribution in [0.2, 0.25) is 5.02 Å². The summed E-state index contributed by atoms with van der Waals surface area (Å²) in [5.41, 5.74) is -0.698. The van der Waals surface area contributed by atoms with Gasteiger partial charge in [0.25, 0.3) is 5.91 Å². The predicted molar refractivity (Wildman–Crippen MR) is 117 cm³/mol. The van der Waals surface area contributed by atoms with Crippen LogP contribution in [0, 0.1) is 5.82 Å². The molecule has 0 aliphatic carbocycles. The lowest BCUT2D eigenvalue weighted by Crippen LogP contribution is -2.18. The lowest BCUT2D eigenvalue weighted by molar-refractivity contribution is -0.137. The van der Waals surface area contributed by atoms with Gasteiger partial charge in [-0.2, -0.15) is 13.2 Å². The fourth-order valence-corrected chi connectivity index (χ4v) is 3.59. The van der Waals surface area contributed by atoms with E-state index in [9.17, 15) is 27.2 Å². The van der Waals surface area contributed by atoms with Crippen molar-refractivity contribution in [3.63, 3.8) is 0 Å². The summed E-state index contributed by atoms with van der Waals surface area (Å²) < 4.78 is 52.4. The molecule has 0 unspecified atom stereocenters. The van der Waals surface area contributed by atoms with Crippen molar-refractivity contribution < 1.29 is 27.2 Å². The normalized spacial score (nSPS) is 11.2. The summed E-state index contributed by atoms with van der Waals surface area (Å²) in [5, 5.41) is 4.82. The minimum Gasteiger partial charge on any atom is -0.325 e. The van der Waals surface area contributed by atoms with E-state index in [0.29, 0.717) is 10.6 Å². The number of alkyl halides is 3. The van der Waals surface area contributed by atoms with Gasteiger partial charge in [0.2, 0.25) is 5.91 Å². The van der Waals surface area contributed by atoms with Gasteiger partial charge in [-0.05, 0) is 60.7 Å². The van der Waals surface area contributed by atoms with Crippen LogP contribution in [0.5, 0.6) is 0 Å². The molecule has 0 radical (unpaired) electrons. The van der Waals surface area contributed by atoms with Crippen molar-refractivity contribution in [3.05, 3.63) is 88.7 Å².